The first kappa shape index (κ1) is 13.0. The van der Waals surface area contributed by atoms with Crippen molar-refractivity contribution >= 4 is 22.5 Å². The Balaban J connectivity index is 1.75. The lowest BCUT2D eigenvalue weighted by atomic mass is 10.3. The minimum atomic E-state index is 0.186. The first-order valence-corrected chi connectivity index (χ1v) is 6.73. The van der Waals surface area contributed by atoms with Gasteiger partial charge in [0.2, 0.25) is 0 Å². The summed E-state index contributed by atoms with van der Waals surface area (Å²) in [7, 11) is 0. The summed E-state index contributed by atoms with van der Waals surface area (Å²) < 4.78 is 6.62. The summed E-state index contributed by atoms with van der Waals surface area (Å²) in [6.07, 6.45) is 8.13. The number of hydrogen-bond acceptors (Lipinski definition) is 7. The summed E-state index contributed by atoms with van der Waals surface area (Å²) in [4.78, 5) is 8.96. The van der Waals surface area contributed by atoms with Crippen LogP contribution in [0.4, 0.5) is 11.5 Å². The SMILES string of the molecule is N#CCn1cc(Nc2nc(-c3ccoc3)nc3cn[nH]c23)cn1. The molecule has 0 aliphatic carbocycles. The van der Waals surface area contributed by atoms with Gasteiger partial charge in [0.15, 0.2) is 11.6 Å². The first-order chi connectivity index (χ1) is 11.3. The molecule has 0 bridgehead atoms. The molecule has 9 nitrogen and oxygen atoms in total. The zero-order valence-electron chi connectivity index (χ0n) is 11.8. The molecule has 4 aromatic rings. The van der Waals surface area contributed by atoms with Gasteiger partial charge in [0.25, 0.3) is 0 Å². The number of nitrogens with zero attached hydrogens (tertiary/aromatic N) is 6. The van der Waals surface area contributed by atoms with Gasteiger partial charge in [-0.05, 0) is 6.07 Å². The minimum Gasteiger partial charge on any atom is -0.472 e. The number of hydrogen-bond donors (Lipinski definition) is 2. The van der Waals surface area contributed by atoms with Crippen molar-refractivity contribution < 1.29 is 4.42 Å². The highest BCUT2D eigenvalue weighted by Crippen LogP contribution is 2.25. The monoisotopic (exact) mass is 306 g/mol. The molecule has 0 saturated heterocycles. The standard InChI is InChI=1S/C14H10N8O/c15-2-3-22-7-10(5-17-22)18-14-12-11(6-16-21-12)19-13(20-14)9-1-4-23-8-9/h1,4-8H,3H2,(H,16,21)(H,18,19,20). The summed E-state index contributed by atoms with van der Waals surface area (Å²) in [5, 5.41) is 22.8. The lowest BCUT2D eigenvalue weighted by molar-refractivity contribution is 0.568. The fourth-order valence-corrected chi connectivity index (χ4v) is 2.17. The predicted molar refractivity (Wildman–Crippen MR) is 80.5 cm³/mol. The number of fused-ring (bicyclic) bond motifs is 1. The average Bonchev–Trinajstić information content (AvgIpc) is 3.29. The molecule has 0 amide bonds. The predicted octanol–water partition coefficient (Wildman–Crippen LogP) is 2.08. The fraction of sp³-hybridized carbons (Fsp3) is 0.0714. The molecule has 0 radical (unpaired) electrons. The van der Waals surface area contributed by atoms with Gasteiger partial charge in [-0.3, -0.25) is 9.78 Å². The molecular weight excluding hydrogens is 296 g/mol. The molecule has 0 aromatic carbocycles. The van der Waals surface area contributed by atoms with Gasteiger partial charge < -0.3 is 9.73 Å². The van der Waals surface area contributed by atoms with Crippen molar-refractivity contribution in [1.82, 2.24) is 29.9 Å². The number of H-pyrrole nitrogens is 1. The normalized spacial score (nSPS) is 10.7. The van der Waals surface area contributed by atoms with E-state index >= 15 is 0 Å². The van der Waals surface area contributed by atoms with Gasteiger partial charge in [-0.15, -0.1) is 0 Å². The topological polar surface area (TPSA) is 121 Å². The summed E-state index contributed by atoms with van der Waals surface area (Å²) in [5.74, 6) is 1.10. The second kappa shape index (κ2) is 5.27. The average molecular weight is 306 g/mol. The van der Waals surface area contributed by atoms with E-state index in [2.05, 4.69) is 30.6 Å². The molecule has 0 aliphatic rings. The van der Waals surface area contributed by atoms with E-state index in [0.717, 1.165) is 5.56 Å². The van der Waals surface area contributed by atoms with Gasteiger partial charge in [0.05, 0.1) is 36.0 Å². The summed E-state index contributed by atoms with van der Waals surface area (Å²) in [6, 6.07) is 3.82. The molecule has 0 fully saturated rings. The van der Waals surface area contributed by atoms with E-state index in [1.165, 1.54) is 4.68 Å². The highest BCUT2D eigenvalue weighted by atomic mass is 16.3. The van der Waals surface area contributed by atoms with Gasteiger partial charge in [0.1, 0.15) is 23.8 Å². The fourth-order valence-electron chi connectivity index (χ4n) is 2.17. The third-order valence-electron chi connectivity index (χ3n) is 3.21. The maximum Gasteiger partial charge on any atom is 0.165 e. The van der Waals surface area contributed by atoms with Crippen LogP contribution in [0.2, 0.25) is 0 Å². The van der Waals surface area contributed by atoms with Crippen LogP contribution in [0.1, 0.15) is 0 Å². The zero-order chi connectivity index (χ0) is 15.6. The highest BCUT2D eigenvalue weighted by Gasteiger charge is 2.12. The molecule has 0 atom stereocenters. The van der Waals surface area contributed by atoms with Crippen LogP contribution in [0.5, 0.6) is 0 Å². The lowest BCUT2D eigenvalue weighted by Crippen LogP contribution is -1.98. The molecule has 2 N–H and O–H groups in total. The van der Waals surface area contributed by atoms with E-state index in [1.54, 1.807) is 37.2 Å². The van der Waals surface area contributed by atoms with E-state index in [-0.39, 0.29) is 6.54 Å². The summed E-state index contributed by atoms with van der Waals surface area (Å²) in [5.41, 5.74) is 2.86. The number of furan rings is 1. The summed E-state index contributed by atoms with van der Waals surface area (Å²) in [6.45, 7) is 0.186. The molecule has 0 unspecified atom stereocenters. The molecule has 0 spiro atoms. The number of aromatic amines is 1. The van der Waals surface area contributed by atoms with E-state index in [1.807, 2.05) is 6.07 Å². The Bertz CT molecular complexity index is 992. The van der Waals surface area contributed by atoms with Crippen LogP contribution in [-0.4, -0.2) is 29.9 Å². The van der Waals surface area contributed by atoms with E-state index < -0.39 is 0 Å². The van der Waals surface area contributed by atoms with Gasteiger partial charge >= 0.3 is 0 Å². The number of anilines is 2. The molecule has 112 valence electrons. The first-order valence-electron chi connectivity index (χ1n) is 6.73. The zero-order valence-corrected chi connectivity index (χ0v) is 11.8. The van der Waals surface area contributed by atoms with Crippen LogP contribution in [0.15, 0.2) is 41.6 Å². The number of aromatic nitrogens is 6. The quantitative estimate of drug-likeness (QED) is 0.592. The van der Waals surface area contributed by atoms with Gasteiger partial charge in [-0.2, -0.15) is 15.5 Å². The second-order valence-electron chi connectivity index (χ2n) is 4.75. The Hall–Kier alpha value is -3.67. The van der Waals surface area contributed by atoms with Crippen molar-refractivity contribution in [3.8, 4) is 17.5 Å². The smallest absolute Gasteiger partial charge is 0.165 e. The van der Waals surface area contributed by atoms with Crippen LogP contribution >= 0.6 is 0 Å². The number of nitrogens with one attached hydrogen (secondary N) is 2. The Morgan fingerprint density at radius 1 is 1.35 bits per heavy atom. The van der Waals surface area contributed by atoms with Crippen LogP contribution in [0.3, 0.4) is 0 Å². The molecule has 0 aliphatic heterocycles. The Morgan fingerprint density at radius 2 is 2.30 bits per heavy atom. The van der Waals surface area contributed by atoms with Crippen molar-refractivity contribution in [2.24, 2.45) is 0 Å². The highest BCUT2D eigenvalue weighted by molar-refractivity contribution is 5.88. The largest absolute Gasteiger partial charge is 0.472 e. The van der Waals surface area contributed by atoms with Crippen molar-refractivity contribution in [1.29, 1.82) is 5.26 Å². The lowest BCUT2D eigenvalue weighted by Gasteiger charge is -2.05. The molecule has 4 rings (SSSR count). The molecule has 4 aromatic heterocycles. The molecule has 0 saturated carbocycles. The van der Waals surface area contributed by atoms with Crippen LogP contribution in [-0.2, 0) is 6.54 Å². The van der Waals surface area contributed by atoms with Crippen LogP contribution < -0.4 is 5.32 Å². The van der Waals surface area contributed by atoms with Crippen molar-refractivity contribution in [2.75, 3.05) is 5.32 Å². The van der Waals surface area contributed by atoms with E-state index in [4.69, 9.17) is 9.68 Å². The van der Waals surface area contributed by atoms with Gasteiger partial charge in [-0.1, -0.05) is 0 Å². The van der Waals surface area contributed by atoms with Crippen molar-refractivity contribution in [3.05, 3.63) is 37.2 Å². The Kier molecular flexibility index (Phi) is 2.98. The maximum atomic E-state index is 8.70. The Morgan fingerprint density at radius 3 is 3.13 bits per heavy atom. The molecule has 9 heteroatoms. The van der Waals surface area contributed by atoms with E-state index in [9.17, 15) is 0 Å². The number of rotatable bonds is 4. The van der Waals surface area contributed by atoms with Crippen LogP contribution in [0.25, 0.3) is 22.4 Å². The molecular formula is C14H10N8O. The van der Waals surface area contributed by atoms with Crippen molar-refractivity contribution in [3.63, 3.8) is 0 Å². The second-order valence-corrected chi connectivity index (χ2v) is 4.75. The van der Waals surface area contributed by atoms with Crippen molar-refractivity contribution in [2.45, 2.75) is 6.54 Å². The number of nitriles is 1. The van der Waals surface area contributed by atoms with Gasteiger partial charge in [-0.25, -0.2) is 9.97 Å². The third kappa shape index (κ3) is 2.38. The summed E-state index contributed by atoms with van der Waals surface area (Å²) >= 11 is 0. The Labute approximate surface area is 129 Å². The third-order valence-corrected chi connectivity index (χ3v) is 3.21. The maximum absolute atomic E-state index is 8.70. The molecule has 4 heterocycles. The van der Waals surface area contributed by atoms with Crippen LogP contribution in [0, 0.1) is 11.3 Å². The minimum absolute atomic E-state index is 0.186. The van der Waals surface area contributed by atoms with E-state index in [0.29, 0.717) is 28.4 Å². The molecule has 23 heavy (non-hydrogen) atoms. The van der Waals surface area contributed by atoms with Gasteiger partial charge in [0, 0.05) is 6.20 Å².